The minimum absolute atomic E-state index is 0.00141. The largest absolute Gasteiger partial charge is 0.461 e. The van der Waals surface area contributed by atoms with Gasteiger partial charge in [0.25, 0.3) is 0 Å². The number of hydrogen-bond acceptors (Lipinski definition) is 4. The summed E-state index contributed by atoms with van der Waals surface area (Å²) in [4.78, 5) is 12.0. The zero-order valence-corrected chi connectivity index (χ0v) is 24.2. The summed E-state index contributed by atoms with van der Waals surface area (Å²) in [5.74, 6) is 5.01. The second-order valence-corrected chi connectivity index (χ2v) is 14.4. The quantitative estimate of drug-likeness (QED) is 0.331. The second kappa shape index (κ2) is 10.0. The number of ether oxygens (including phenoxy) is 1. The van der Waals surface area contributed by atoms with Crippen LogP contribution in [-0.4, -0.2) is 37.7 Å². The maximum absolute atomic E-state index is 12.0. The van der Waals surface area contributed by atoms with Crippen molar-refractivity contribution in [2.24, 2.45) is 52.3 Å². The molecule has 4 aliphatic carbocycles. The fourth-order valence-corrected chi connectivity index (χ4v) is 10.6. The van der Waals surface area contributed by atoms with Crippen LogP contribution in [0.1, 0.15) is 99.3 Å². The number of carbonyl (C=O) groups excluding carboxylic acids is 1. The molecule has 0 bridgehead atoms. The molecule has 4 fully saturated rings. The summed E-state index contributed by atoms with van der Waals surface area (Å²) in [5, 5.41) is 7.36. The minimum Gasteiger partial charge on any atom is -0.461 e. The summed E-state index contributed by atoms with van der Waals surface area (Å²) in [6.07, 6.45) is 14.3. The predicted molar refractivity (Wildman–Crippen MR) is 147 cm³/mol. The van der Waals surface area contributed by atoms with Crippen LogP contribution in [0.2, 0.25) is 0 Å². The Morgan fingerprint density at radius 3 is 2.50 bits per heavy atom. The zero-order valence-electron chi connectivity index (χ0n) is 24.2. The monoisotopic (exact) mass is 498 g/mol. The molecule has 4 nitrogen and oxygen atoms in total. The lowest BCUT2D eigenvalue weighted by Crippen LogP contribution is -2.58. The highest BCUT2D eigenvalue weighted by atomic mass is 16.5. The van der Waals surface area contributed by atoms with E-state index in [0.717, 1.165) is 42.4 Å². The fourth-order valence-electron chi connectivity index (χ4n) is 10.6. The molecule has 0 radical (unpaired) electrons. The van der Waals surface area contributed by atoms with Crippen molar-refractivity contribution < 1.29 is 9.53 Å². The third-order valence-corrected chi connectivity index (χ3v) is 12.5. The summed E-state index contributed by atoms with van der Waals surface area (Å²) in [6, 6.07) is 1.000. The van der Waals surface area contributed by atoms with Crippen LogP contribution < -0.4 is 10.6 Å². The van der Waals surface area contributed by atoms with Crippen LogP contribution in [0.25, 0.3) is 0 Å². The van der Waals surface area contributed by atoms with Gasteiger partial charge in [0.1, 0.15) is 6.10 Å². The number of esters is 1. The molecule has 11 atom stereocenters. The molecule has 0 unspecified atom stereocenters. The Morgan fingerprint density at radius 1 is 1.08 bits per heavy atom. The van der Waals surface area contributed by atoms with E-state index in [1.54, 1.807) is 12.5 Å². The molecule has 1 heterocycles. The first kappa shape index (κ1) is 26.7. The van der Waals surface area contributed by atoms with Gasteiger partial charge in [0, 0.05) is 24.9 Å². The van der Waals surface area contributed by atoms with E-state index in [0.29, 0.717) is 23.3 Å². The predicted octanol–water partition coefficient (Wildman–Crippen LogP) is 6.36. The van der Waals surface area contributed by atoms with Gasteiger partial charge in [0.15, 0.2) is 0 Å². The van der Waals surface area contributed by atoms with Crippen molar-refractivity contribution in [3.8, 4) is 0 Å². The normalized spacial score (nSPS) is 47.1. The number of hydrogen-bond donors (Lipinski definition) is 2. The minimum atomic E-state index is -0.125. The fraction of sp³-hybridized carbons (Fsp3) is 0.906. The van der Waals surface area contributed by atoms with Gasteiger partial charge in [-0.1, -0.05) is 46.3 Å². The highest BCUT2D eigenvalue weighted by molar-refractivity contribution is 5.66. The van der Waals surface area contributed by atoms with Crippen LogP contribution in [0.5, 0.6) is 0 Å². The number of nitrogens with one attached hydrogen (secondary N) is 2. The molecule has 5 aliphatic rings. The van der Waals surface area contributed by atoms with Gasteiger partial charge in [-0.25, -0.2) is 0 Å². The van der Waals surface area contributed by atoms with Crippen molar-refractivity contribution in [2.75, 3.05) is 13.6 Å². The summed E-state index contributed by atoms with van der Waals surface area (Å²) in [6.45, 7) is 15.4. The molecule has 5 rings (SSSR count). The van der Waals surface area contributed by atoms with Crippen molar-refractivity contribution >= 4 is 5.97 Å². The first-order valence-corrected chi connectivity index (χ1v) is 15.4. The van der Waals surface area contributed by atoms with Crippen LogP contribution in [-0.2, 0) is 9.53 Å². The Balaban J connectivity index is 1.35. The summed E-state index contributed by atoms with van der Waals surface area (Å²) in [5.41, 5.74) is 2.51. The highest BCUT2D eigenvalue weighted by Gasteiger charge is 2.60. The number of allylic oxidation sites excluding steroid dienone is 2. The van der Waals surface area contributed by atoms with Crippen molar-refractivity contribution in [3.63, 3.8) is 0 Å². The molecule has 2 N–H and O–H groups in total. The van der Waals surface area contributed by atoms with E-state index in [1.165, 1.54) is 51.5 Å². The lowest BCUT2D eigenvalue weighted by atomic mass is 9.47. The number of fused-ring (bicyclic) bond motifs is 5. The Hall–Kier alpha value is -0.870. The van der Waals surface area contributed by atoms with Gasteiger partial charge in [-0.2, -0.15) is 0 Å². The molecule has 0 aromatic heterocycles. The molecule has 3 saturated carbocycles. The SMILES string of the molecule is CN[C@H]1CC[C@@]2(C)[C@@H]3CC[C@]4(C)[C@H](CC[C@H]4[C@@H](C)C[C@H]4NCC[C@@H]4C(C)C)C3=CC[C@@H]2[C@@H]1OC(C)=O. The van der Waals surface area contributed by atoms with Gasteiger partial charge in [0.2, 0.25) is 0 Å². The number of likely N-dealkylation sites (N-methyl/N-ethyl adjacent to an activating group) is 1. The maximum Gasteiger partial charge on any atom is 0.302 e. The lowest BCUT2D eigenvalue weighted by molar-refractivity contribution is -0.162. The average molecular weight is 499 g/mol. The molecular weight excluding hydrogens is 444 g/mol. The Kier molecular flexibility index (Phi) is 7.44. The van der Waals surface area contributed by atoms with E-state index >= 15 is 0 Å². The summed E-state index contributed by atoms with van der Waals surface area (Å²) in [7, 11) is 2.03. The molecule has 0 spiro atoms. The van der Waals surface area contributed by atoms with E-state index in [4.69, 9.17) is 4.74 Å². The van der Waals surface area contributed by atoms with Crippen LogP contribution in [0.3, 0.4) is 0 Å². The van der Waals surface area contributed by atoms with Crippen molar-refractivity contribution in [3.05, 3.63) is 11.6 Å². The third kappa shape index (κ3) is 4.31. The molecule has 204 valence electrons. The van der Waals surface area contributed by atoms with Gasteiger partial charge < -0.3 is 15.4 Å². The van der Waals surface area contributed by atoms with Gasteiger partial charge in [-0.3, -0.25) is 4.79 Å². The summed E-state index contributed by atoms with van der Waals surface area (Å²) >= 11 is 0. The van der Waals surface area contributed by atoms with Gasteiger partial charge in [-0.15, -0.1) is 0 Å². The van der Waals surface area contributed by atoms with Crippen molar-refractivity contribution in [2.45, 2.75) is 118 Å². The molecule has 0 aromatic carbocycles. The van der Waals surface area contributed by atoms with Crippen LogP contribution in [0.15, 0.2) is 11.6 Å². The van der Waals surface area contributed by atoms with E-state index in [2.05, 4.69) is 51.3 Å². The molecule has 1 aliphatic heterocycles. The van der Waals surface area contributed by atoms with Gasteiger partial charge >= 0.3 is 5.97 Å². The number of carbonyl (C=O) groups is 1. The zero-order chi connectivity index (χ0) is 25.8. The molecule has 0 aromatic rings. The molecule has 0 amide bonds. The Bertz CT molecular complexity index is 853. The van der Waals surface area contributed by atoms with Crippen LogP contribution in [0, 0.1) is 52.3 Å². The van der Waals surface area contributed by atoms with Crippen LogP contribution >= 0.6 is 0 Å². The Labute approximate surface area is 221 Å². The molecular formula is C32H54N2O2. The topological polar surface area (TPSA) is 50.4 Å². The van der Waals surface area contributed by atoms with E-state index in [1.807, 2.05) is 7.05 Å². The maximum atomic E-state index is 12.0. The second-order valence-electron chi connectivity index (χ2n) is 14.4. The van der Waals surface area contributed by atoms with Gasteiger partial charge in [0.05, 0.1) is 0 Å². The van der Waals surface area contributed by atoms with Crippen LogP contribution in [0.4, 0.5) is 0 Å². The highest BCUT2D eigenvalue weighted by Crippen LogP contribution is 2.67. The summed E-state index contributed by atoms with van der Waals surface area (Å²) < 4.78 is 6.02. The smallest absolute Gasteiger partial charge is 0.302 e. The average Bonchev–Trinajstić information content (AvgIpc) is 3.42. The standard InChI is InChI=1S/C32H54N2O2/c1-19(2)22-14-17-34-29(22)18-20(3)24-10-11-25-23-8-9-27-30(36-21(4)35)28(33-7)13-16-32(27,6)26(23)12-15-31(24,25)5/h8,19-20,22,24-30,33-34H,9-18H2,1-7H3/t20-,22+,24-,25+,26+,27+,28-,29+,30-,31-,32-/m0/s1. The molecule has 36 heavy (non-hydrogen) atoms. The van der Waals surface area contributed by atoms with Crippen molar-refractivity contribution in [1.82, 2.24) is 10.6 Å². The molecule has 4 heteroatoms. The third-order valence-electron chi connectivity index (χ3n) is 12.5. The number of rotatable bonds is 6. The van der Waals surface area contributed by atoms with E-state index < -0.39 is 0 Å². The molecule has 1 saturated heterocycles. The van der Waals surface area contributed by atoms with E-state index in [-0.39, 0.29) is 23.5 Å². The van der Waals surface area contributed by atoms with E-state index in [9.17, 15) is 4.79 Å². The lowest BCUT2D eigenvalue weighted by Gasteiger charge is -2.59. The van der Waals surface area contributed by atoms with Gasteiger partial charge in [-0.05, 0) is 118 Å². The van der Waals surface area contributed by atoms with Crippen molar-refractivity contribution in [1.29, 1.82) is 0 Å². The Morgan fingerprint density at radius 2 is 1.81 bits per heavy atom. The first-order valence-electron chi connectivity index (χ1n) is 15.4. The first-order chi connectivity index (χ1) is 17.1.